The van der Waals surface area contributed by atoms with Crippen molar-refractivity contribution < 1.29 is 19.4 Å². The fourth-order valence-electron chi connectivity index (χ4n) is 1.71. The van der Waals surface area contributed by atoms with Gasteiger partial charge in [-0.05, 0) is 38.0 Å². The zero-order chi connectivity index (χ0) is 14.6. The maximum atomic E-state index is 11.0. The van der Waals surface area contributed by atoms with E-state index < -0.39 is 11.9 Å². The van der Waals surface area contributed by atoms with Crippen LogP contribution in [-0.4, -0.2) is 24.3 Å². The van der Waals surface area contributed by atoms with Gasteiger partial charge in [0.2, 0.25) is 0 Å². The summed E-state index contributed by atoms with van der Waals surface area (Å²) in [6.07, 6.45) is 0.390. The molecule has 1 N–H and O–H groups in total. The van der Waals surface area contributed by atoms with Crippen LogP contribution in [0.1, 0.15) is 26.3 Å². The number of carboxylic acid groups (broad SMARTS) is 1. The van der Waals surface area contributed by atoms with Crippen LogP contribution in [0.2, 0.25) is 0 Å². The number of hydrogen-bond donors (Lipinski definition) is 1. The van der Waals surface area contributed by atoms with Gasteiger partial charge in [-0.2, -0.15) is 0 Å². The molecule has 0 aliphatic rings. The molecule has 0 spiro atoms. The van der Waals surface area contributed by atoms with Crippen LogP contribution in [0.25, 0.3) is 0 Å². The number of ether oxygens (including phenoxy) is 2. The van der Waals surface area contributed by atoms with Crippen LogP contribution in [0.5, 0.6) is 11.5 Å². The second-order valence-electron chi connectivity index (χ2n) is 4.71. The summed E-state index contributed by atoms with van der Waals surface area (Å²) in [5, 5.41) is 9.03. The number of hydrogen-bond acceptors (Lipinski definition) is 3. The number of halogens is 1. The lowest BCUT2D eigenvalue weighted by atomic mass is 10.00. The first kappa shape index (κ1) is 15.8. The van der Waals surface area contributed by atoms with Crippen LogP contribution in [-0.2, 0) is 11.2 Å². The molecular formula is C14H19BrO4. The van der Waals surface area contributed by atoms with Crippen LogP contribution in [0, 0.1) is 5.92 Å². The van der Waals surface area contributed by atoms with Crippen LogP contribution in [0.3, 0.4) is 0 Å². The van der Waals surface area contributed by atoms with Crippen LogP contribution in [0.15, 0.2) is 16.6 Å². The first-order chi connectivity index (χ1) is 8.85. The molecule has 0 radical (unpaired) electrons. The summed E-state index contributed by atoms with van der Waals surface area (Å²) in [6.45, 7) is 5.52. The molecule has 19 heavy (non-hydrogen) atoms. The smallest absolute Gasteiger partial charge is 0.306 e. The standard InChI is InChI=1S/C14H19BrO4/c1-8(2)19-13-10(5-9(3)14(16)17)6-11(15)7-12(13)18-4/h6-9H,5H2,1-4H3,(H,16,17). The molecule has 1 atom stereocenters. The molecule has 0 amide bonds. The number of carbonyl (C=O) groups is 1. The quantitative estimate of drug-likeness (QED) is 0.867. The Morgan fingerprint density at radius 2 is 2.00 bits per heavy atom. The van der Waals surface area contributed by atoms with E-state index in [4.69, 9.17) is 14.6 Å². The molecule has 106 valence electrons. The average molecular weight is 331 g/mol. The van der Waals surface area contributed by atoms with Crippen molar-refractivity contribution in [3.63, 3.8) is 0 Å². The Labute approximate surface area is 121 Å². The van der Waals surface area contributed by atoms with E-state index in [0.29, 0.717) is 17.9 Å². The van der Waals surface area contributed by atoms with Crippen molar-refractivity contribution in [3.05, 3.63) is 22.2 Å². The highest BCUT2D eigenvalue weighted by molar-refractivity contribution is 9.10. The first-order valence-electron chi connectivity index (χ1n) is 6.11. The second-order valence-corrected chi connectivity index (χ2v) is 5.62. The van der Waals surface area contributed by atoms with Crippen molar-refractivity contribution in [2.45, 2.75) is 33.3 Å². The summed E-state index contributed by atoms with van der Waals surface area (Å²) in [4.78, 5) is 11.0. The Morgan fingerprint density at radius 1 is 1.37 bits per heavy atom. The lowest BCUT2D eigenvalue weighted by Gasteiger charge is -2.19. The van der Waals surface area contributed by atoms with E-state index in [9.17, 15) is 4.79 Å². The van der Waals surface area contributed by atoms with E-state index in [2.05, 4.69) is 15.9 Å². The minimum atomic E-state index is -0.825. The SMILES string of the molecule is COc1cc(Br)cc(CC(C)C(=O)O)c1OC(C)C. The molecular weight excluding hydrogens is 312 g/mol. The molecule has 4 nitrogen and oxygen atoms in total. The molecule has 1 rings (SSSR count). The van der Waals surface area contributed by atoms with E-state index in [-0.39, 0.29) is 6.10 Å². The van der Waals surface area contributed by atoms with E-state index >= 15 is 0 Å². The zero-order valence-electron chi connectivity index (χ0n) is 11.6. The van der Waals surface area contributed by atoms with Gasteiger partial charge in [-0.3, -0.25) is 4.79 Å². The van der Waals surface area contributed by atoms with Crippen LogP contribution in [0.4, 0.5) is 0 Å². The lowest BCUT2D eigenvalue weighted by molar-refractivity contribution is -0.141. The second kappa shape index (κ2) is 6.80. The van der Waals surface area contributed by atoms with Gasteiger partial charge >= 0.3 is 5.97 Å². The van der Waals surface area contributed by atoms with Crippen molar-refractivity contribution >= 4 is 21.9 Å². The van der Waals surface area contributed by atoms with Gasteiger partial charge in [0.05, 0.1) is 19.1 Å². The van der Waals surface area contributed by atoms with E-state index in [1.165, 1.54) is 0 Å². The number of rotatable bonds is 6. The fourth-order valence-corrected chi connectivity index (χ4v) is 2.20. The molecule has 1 aromatic carbocycles. The molecule has 0 aromatic heterocycles. The predicted octanol–water partition coefficient (Wildman–Crippen LogP) is 3.51. The van der Waals surface area contributed by atoms with Crippen molar-refractivity contribution in [2.75, 3.05) is 7.11 Å². The number of carboxylic acids is 1. The normalized spacial score (nSPS) is 12.3. The molecule has 0 aliphatic heterocycles. The summed E-state index contributed by atoms with van der Waals surface area (Å²) < 4.78 is 11.9. The van der Waals surface area contributed by atoms with Crippen molar-refractivity contribution in [1.29, 1.82) is 0 Å². The van der Waals surface area contributed by atoms with Gasteiger partial charge in [-0.15, -0.1) is 0 Å². The highest BCUT2D eigenvalue weighted by Crippen LogP contribution is 2.36. The highest BCUT2D eigenvalue weighted by atomic mass is 79.9. The first-order valence-corrected chi connectivity index (χ1v) is 6.90. The van der Waals surface area contributed by atoms with Gasteiger partial charge in [0.1, 0.15) is 0 Å². The molecule has 0 fully saturated rings. The van der Waals surface area contributed by atoms with Gasteiger partial charge in [0.15, 0.2) is 11.5 Å². The minimum Gasteiger partial charge on any atom is -0.493 e. The third-order valence-corrected chi connectivity index (χ3v) is 3.08. The molecule has 0 heterocycles. The third-order valence-electron chi connectivity index (χ3n) is 2.62. The molecule has 0 bridgehead atoms. The Balaban J connectivity index is 3.18. The molecule has 1 unspecified atom stereocenters. The molecule has 0 aliphatic carbocycles. The summed E-state index contributed by atoms with van der Waals surface area (Å²) >= 11 is 3.40. The summed E-state index contributed by atoms with van der Waals surface area (Å²) in [7, 11) is 1.57. The predicted molar refractivity (Wildman–Crippen MR) is 77.0 cm³/mol. The number of methoxy groups -OCH3 is 1. The number of benzene rings is 1. The largest absolute Gasteiger partial charge is 0.493 e. The van der Waals surface area contributed by atoms with Crippen molar-refractivity contribution in [3.8, 4) is 11.5 Å². The molecule has 1 aromatic rings. The van der Waals surface area contributed by atoms with E-state index in [1.807, 2.05) is 26.0 Å². The average Bonchev–Trinajstić information content (AvgIpc) is 2.31. The lowest BCUT2D eigenvalue weighted by Crippen LogP contribution is -2.15. The fraction of sp³-hybridized carbons (Fsp3) is 0.500. The van der Waals surface area contributed by atoms with Crippen LogP contribution < -0.4 is 9.47 Å². The van der Waals surface area contributed by atoms with Gasteiger partial charge < -0.3 is 14.6 Å². The van der Waals surface area contributed by atoms with E-state index in [0.717, 1.165) is 10.0 Å². The van der Waals surface area contributed by atoms with Gasteiger partial charge in [-0.25, -0.2) is 0 Å². The van der Waals surface area contributed by atoms with Gasteiger partial charge in [0.25, 0.3) is 0 Å². The van der Waals surface area contributed by atoms with E-state index in [1.54, 1.807) is 14.0 Å². The Bertz CT molecular complexity index is 457. The summed E-state index contributed by atoms with van der Waals surface area (Å²) in [5.41, 5.74) is 0.829. The monoisotopic (exact) mass is 330 g/mol. The van der Waals surface area contributed by atoms with Crippen LogP contribution >= 0.6 is 15.9 Å². The Morgan fingerprint density at radius 3 is 2.47 bits per heavy atom. The highest BCUT2D eigenvalue weighted by Gasteiger charge is 2.19. The molecule has 5 heteroatoms. The molecule has 0 saturated carbocycles. The van der Waals surface area contributed by atoms with Crippen molar-refractivity contribution in [2.24, 2.45) is 5.92 Å². The topological polar surface area (TPSA) is 55.8 Å². The Hall–Kier alpha value is -1.23. The maximum Gasteiger partial charge on any atom is 0.306 e. The summed E-state index contributed by atoms with van der Waals surface area (Å²) in [6, 6.07) is 3.69. The minimum absolute atomic E-state index is 0.00559. The van der Waals surface area contributed by atoms with Gasteiger partial charge in [0, 0.05) is 4.47 Å². The third kappa shape index (κ3) is 4.42. The van der Waals surface area contributed by atoms with Crippen molar-refractivity contribution in [1.82, 2.24) is 0 Å². The zero-order valence-corrected chi connectivity index (χ0v) is 13.2. The number of aliphatic carboxylic acids is 1. The van der Waals surface area contributed by atoms with Gasteiger partial charge in [-0.1, -0.05) is 22.9 Å². The maximum absolute atomic E-state index is 11.0. The Kier molecular flexibility index (Phi) is 5.66. The molecule has 0 saturated heterocycles. The summed E-state index contributed by atoms with van der Waals surface area (Å²) in [5.74, 6) is -0.0765.